The number of hydrogen-bond acceptors (Lipinski definition) is 2. The first kappa shape index (κ1) is 20.4. The molecule has 0 aliphatic rings. The molecule has 0 saturated heterocycles. The van der Waals surface area contributed by atoms with E-state index in [2.05, 4.69) is 5.32 Å². The van der Waals surface area contributed by atoms with Crippen molar-refractivity contribution in [3.8, 4) is 6.07 Å². The highest BCUT2D eigenvalue weighted by Crippen LogP contribution is 2.25. The zero-order chi connectivity index (χ0) is 21.8. The number of benzene rings is 3. The van der Waals surface area contributed by atoms with Gasteiger partial charge >= 0.3 is 0 Å². The first-order chi connectivity index (χ1) is 15.0. The Balaban J connectivity index is 1.68. The van der Waals surface area contributed by atoms with Gasteiger partial charge in [-0.05, 0) is 48.0 Å². The fourth-order valence-electron chi connectivity index (χ4n) is 3.42. The summed E-state index contributed by atoms with van der Waals surface area (Å²) in [4.78, 5) is 12.6. The quantitative estimate of drug-likeness (QED) is 0.311. The van der Waals surface area contributed by atoms with Gasteiger partial charge in [-0.15, -0.1) is 0 Å². The Bertz CT molecular complexity index is 1350. The topological polar surface area (TPSA) is 57.8 Å². The van der Waals surface area contributed by atoms with Crippen molar-refractivity contribution in [2.75, 3.05) is 5.32 Å². The Morgan fingerprint density at radius 2 is 1.90 bits per heavy atom. The summed E-state index contributed by atoms with van der Waals surface area (Å²) in [7, 11) is 0. The Hall–Kier alpha value is -3.88. The fraction of sp³-hybridized carbons (Fsp3) is 0.0400. The molecule has 4 nitrogen and oxygen atoms in total. The van der Waals surface area contributed by atoms with E-state index in [1.807, 2.05) is 47.2 Å². The van der Waals surface area contributed by atoms with E-state index in [0.717, 1.165) is 22.0 Å². The number of halogens is 2. The molecular formula is C25H17ClFN3O. The molecule has 0 spiro atoms. The summed E-state index contributed by atoms with van der Waals surface area (Å²) in [5.41, 5.74) is 2.94. The van der Waals surface area contributed by atoms with Crippen LogP contribution >= 0.6 is 11.6 Å². The van der Waals surface area contributed by atoms with E-state index < -0.39 is 5.91 Å². The third-order valence-corrected chi connectivity index (χ3v) is 5.04. The third kappa shape index (κ3) is 4.66. The van der Waals surface area contributed by atoms with E-state index >= 15 is 0 Å². The monoisotopic (exact) mass is 429 g/mol. The maximum atomic E-state index is 13.6. The average Bonchev–Trinajstić information content (AvgIpc) is 3.09. The van der Waals surface area contributed by atoms with Crippen molar-refractivity contribution >= 4 is 40.2 Å². The molecule has 0 bridgehead atoms. The van der Waals surface area contributed by atoms with Crippen LogP contribution in [0.25, 0.3) is 17.0 Å². The number of hydrogen-bond donors (Lipinski definition) is 1. The lowest BCUT2D eigenvalue weighted by Crippen LogP contribution is -2.13. The number of nitrogens with zero attached hydrogens (tertiary/aromatic N) is 2. The summed E-state index contributed by atoms with van der Waals surface area (Å²) >= 11 is 5.96. The second-order valence-electron chi connectivity index (χ2n) is 6.99. The Morgan fingerprint density at radius 1 is 1.10 bits per heavy atom. The number of aromatic nitrogens is 1. The Morgan fingerprint density at radius 3 is 2.68 bits per heavy atom. The first-order valence-electron chi connectivity index (χ1n) is 9.54. The number of rotatable bonds is 5. The van der Waals surface area contributed by atoms with Crippen LogP contribution in [0, 0.1) is 17.1 Å². The number of amides is 1. The first-order valence-corrected chi connectivity index (χ1v) is 9.92. The molecule has 1 heterocycles. The lowest BCUT2D eigenvalue weighted by Gasteiger charge is -2.05. The summed E-state index contributed by atoms with van der Waals surface area (Å²) in [6, 6.07) is 22.8. The Labute approximate surface area is 183 Å². The minimum atomic E-state index is -0.522. The SMILES string of the molecule is N#C/C(=C\c1cn(Cc2cccc(F)c2)c2ccccc12)C(=O)Nc1cccc(Cl)c1. The van der Waals surface area contributed by atoms with Crippen molar-refractivity contribution in [1.82, 2.24) is 4.57 Å². The predicted molar refractivity (Wildman–Crippen MR) is 121 cm³/mol. The van der Waals surface area contributed by atoms with E-state index in [0.29, 0.717) is 17.3 Å². The van der Waals surface area contributed by atoms with Gasteiger partial charge in [-0.2, -0.15) is 5.26 Å². The molecule has 0 radical (unpaired) electrons. The van der Waals surface area contributed by atoms with Crippen LogP contribution in [0.5, 0.6) is 0 Å². The van der Waals surface area contributed by atoms with E-state index in [1.54, 1.807) is 36.4 Å². The standard InChI is InChI=1S/C25H17ClFN3O/c26-20-6-4-8-22(13-20)29-25(31)18(14-28)12-19-16-30(24-10-2-1-9-23(19)24)15-17-5-3-7-21(27)11-17/h1-13,16H,15H2,(H,29,31)/b18-12+. The highest BCUT2D eigenvalue weighted by Gasteiger charge is 2.13. The molecule has 0 aliphatic heterocycles. The molecule has 6 heteroatoms. The van der Waals surface area contributed by atoms with Crippen molar-refractivity contribution in [2.24, 2.45) is 0 Å². The van der Waals surface area contributed by atoms with Gasteiger partial charge in [0.25, 0.3) is 5.91 Å². The van der Waals surface area contributed by atoms with Crippen LogP contribution < -0.4 is 5.32 Å². The zero-order valence-corrected chi connectivity index (χ0v) is 17.1. The molecular weight excluding hydrogens is 413 g/mol. The number of carbonyl (C=O) groups is 1. The van der Waals surface area contributed by atoms with Crippen molar-refractivity contribution in [3.63, 3.8) is 0 Å². The van der Waals surface area contributed by atoms with Gasteiger partial charge in [0.15, 0.2) is 0 Å². The van der Waals surface area contributed by atoms with Crippen molar-refractivity contribution < 1.29 is 9.18 Å². The molecule has 0 fully saturated rings. The number of carbonyl (C=O) groups excluding carboxylic acids is 1. The number of anilines is 1. The molecule has 4 aromatic rings. The van der Waals surface area contributed by atoms with Crippen LogP contribution in [0.15, 0.2) is 84.6 Å². The highest BCUT2D eigenvalue weighted by molar-refractivity contribution is 6.31. The van der Waals surface area contributed by atoms with Crippen LogP contribution in [0.4, 0.5) is 10.1 Å². The molecule has 1 amide bonds. The van der Waals surface area contributed by atoms with E-state index in [-0.39, 0.29) is 11.4 Å². The predicted octanol–water partition coefficient (Wildman–Crippen LogP) is 6.03. The van der Waals surface area contributed by atoms with Crippen LogP contribution in [0.1, 0.15) is 11.1 Å². The van der Waals surface area contributed by atoms with Gasteiger partial charge in [0.05, 0.1) is 0 Å². The van der Waals surface area contributed by atoms with E-state index in [9.17, 15) is 14.4 Å². The normalized spacial score (nSPS) is 11.3. The second kappa shape index (κ2) is 8.86. The molecule has 0 unspecified atom stereocenters. The van der Waals surface area contributed by atoms with Gasteiger partial charge in [-0.3, -0.25) is 4.79 Å². The van der Waals surface area contributed by atoms with Gasteiger partial charge in [-0.1, -0.05) is 48.0 Å². The molecule has 152 valence electrons. The molecule has 31 heavy (non-hydrogen) atoms. The zero-order valence-electron chi connectivity index (χ0n) is 16.3. The molecule has 0 atom stereocenters. The van der Waals surface area contributed by atoms with Crippen LogP contribution in [-0.2, 0) is 11.3 Å². The molecule has 4 rings (SSSR count). The molecule has 1 aromatic heterocycles. The highest BCUT2D eigenvalue weighted by atomic mass is 35.5. The van der Waals surface area contributed by atoms with Crippen molar-refractivity contribution in [3.05, 3.63) is 107 Å². The number of nitriles is 1. The number of nitrogens with one attached hydrogen (secondary N) is 1. The van der Waals surface area contributed by atoms with E-state index in [1.165, 1.54) is 12.1 Å². The fourth-order valence-corrected chi connectivity index (χ4v) is 3.61. The molecule has 1 N–H and O–H groups in total. The summed E-state index contributed by atoms with van der Waals surface area (Å²) in [5, 5.41) is 13.7. The number of fused-ring (bicyclic) bond motifs is 1. The summed E-state index contributed by atoms with van der Waals surface area (Å²) in [6.45, 7) is 0.461. The van der Waals surface area contributed by atoms with Crippen molar-refractivity contribution in [2.45, 2.75) is 6.54 Å². The molecule has 0 saturated carbocycles. The number of para-hydroxylation sites is 1. The summed E-state index contributed by atoms with van der Waals surface area (Å²) in [5.74, 6) is -0.815. The van der Waals surface area contributed by atoms with E-state index in [4.69, 9.17) is 11.6 Å². The molecule has 3 aromatic carbocycles. The Kier molecular flexibility index (Phi) is 5.83. The van der Waals surface area contributed by atoms with Gasteiger partial charge < -0.3 is 9.88 Å². The minimum absolute atomic E-state index is 0.0337. The van der Waals surface area contributed by atoms with Crippen LogP contribution in [0.2, 0.25) is 5.02 Å². The van der Waals surface area contributed by atoms with Gasteiger partial charge in [0, 0.05) is 39.9 Å². The average molecular weight is 430 g/mol. The minimum Gasteiger partial charge on any atom is -0.342 e. The maximum absolute atomic E-state index is 13.6. The third-order valence-electron chi connectivity index (χ3n) is 4.81. The van der Waals surface area contributed by atoms with Gasteiger partial charge in [-0.25, -0.2) is 4.39 Å². The van der Waals surface area contributed by atoms with Gasteiger partial charge in [0.2, 0.25) is 0 Å². The lowest BCUT2D eigenvalue weighted by atomic mass is 10.1. The summed E-state index contributed by atoms with van der Waals surface area (Å²) < 4.78 is 15.6. The van der Waals surface area contributed by atoms with Gasteiger partial charge in [0.1, 0.15) is 17.5 Å². The second-order valence-corrected chi connectivity index (χ2v) is 7.43. The maximum Gasteiger partial charge on any atom is 0.266 e. The summed E-state index contributed by atoms with van der Waals surface area (Å²) in [6.07, 6.45) is 3.42. The van der Waals surface area contributed by atoms with Crippen molar-refractivity contribution in [1.29, 1.82) is 5.26 Å². The largest absolute Gasteiger partial charge is 0.342 e. The van der Waals surface area contributed by atoms with Crippen LogP contribution in [-0.4, -0.2) is 10.5 Å². The lowest BCUT2D eigenvalue weighted by molar-refractivity contribution is -0.112. The molecule has 0 aliphatic carbocycles. The van der Waals surface area contributed by atoms with Crippen LogP contribution in [0.3, 0.4) is 0 Å². The smallest absolute Gasteiger partial charge is 0.266 e.